The highest BCUT2D eigenvalue weighted by Crippen LogP contribution is 2.32. The molecule has 1 aliphatic rings. The van der Waals surface area contributed by atoms with E-state index in [0.717, 1.165) is 5.69 Å². The lowest BCUT2D eigenvalue weighted by Crippen LogP contribution is -2.35. The predicted octanol–water partition coefficient (Wildman–Crippen LogP) is 3.12. The first-order valence-electron chi connectivity index (χ1n) is 5.72. The molecular formula is C14H17N3. The van der Waals surface area contributed by atoms with E-state index < -0.39 is 0 Å². The highest BCUT2D eigenvalue weighted by Gasteiger charge is 2.31. The van der Waals surface area contributed by atoms with Gasteiger partial charge in [0.25, 0.3) is 0 Å². The number of benzene rings is 1. The molecule has 0 amide bonds. The van der Waals surface area contributed by atoms with Gasteiger partial charge in [-0.3, -0.25) is 4.90 Å². The number of rotatable bonds is 1. The predicted molar refractivity (Wildman–Crippen MR) is 70.3 cm³/mol. The number of hydrogen-bond donors (Lipinski definition) is 0. The Labute approximate surface area is 103 Å². The van der Waals surface area contributed by atoms with Gasteiger partial charge in [0.15, 0.2) is 6.17 Å². The lowest BCUT2D eigenvalue weighted by Gasteiger charge is -2.26. The highest BCUT2D eigenvalue weighted by atomic mass is 15.4. The molecule has 0 aliphatic carbocycles. The van der Waals surface area contributed by atoms with Gasteiger partial charge in [-0.25, -0.2) is 0 Å². The van der Waals surface area contributed by atoms with Crippen molar-refractivity contribution < 1.29 is 0 Å². The third kappa shape index (κ3) is 1.87. The zero-order chi connectivity index (χ0) is 12.6. The van der Waals surface area contributed by atoms with Gasteiger partial charge in [-0.2, -0.15) is 0 Å². The summed E-state index contributed by atoms with van der Waals surface area (Å²) in [6, 6.07) is 6.34. The Hall–Kier alpha value is -1.95. The van der Waals surface area contributed by atoms with Gasteiger partial charge >= 0.3 is 0 Å². The fourth-order valence-electron chi connectivity index (χ4n) is 2.21. The Morgan fingerprint density at radius 2 is 2.00 bits per heavy atom. The van der Waals surface area contributed by atoms with Gasteiger partial charge in [-0.05, 0) is 32.4 Å². The van der Waals surface area contributed by atoms with Gasteiger partial charge in [-0.1, -0.05) is 24.3 Å². The summed E-state index contributed by atoms with van der Waals surface area (Å²) in [5.74, 6) is 0.687. The molecule has 0 unspecified atom stereocenters. The minimum atomic E-state index is 0.195. The standard InChI is InChI=1S/C14H17N3/c1-10-6-7-13(11(2)8-10)17-12(3)16(5)9-14(17)15-4/h6-9,12H,1-3,5H3/t12-/m0/s1. The highest BCUT2D eigenvalue weighted by molar-refractivity contribution is 5.61. The van der Waals surface area contributed by atoms with Gasteiger partial charge in [0.05, 0.1) is 0 Å². The first-order valence-corrected chi connectivity index (χ1v) is 5.72. The van der Waals surface area contributed by atoms with Crippen molar-refractivity contribution in [2.24, 2.45) is 0 Å². The smallest absolute Gasteiger partial charge is 0.247 e. The van der Waals surface area contributed by atoms with E-state index in [1.807, 2.05) is 13.2 Å². The third-order valence-corrected chi connectivity index (χ3v) is 3.26. The molecule has 0 spiro atoms. The van der Waals surface area contributed by atoms with Crippen LogP contribution in [0.1, 0.15) is 18.1 Å². The Balaban J connectivity index is 2.47. The van der Waals surface area contributed by atoms with Crippen LogP contribution in [0.3, 0.4) is 0 Å². The molecule has 1 heterocycles. The van der Waals surface area contributed by atoms with Crippen LogP contribution in [0.5, 0.6) is 0 Å². The van der Waals surface area contributed by atoms with E-state index >= 15 is 0 Å². The number of anilines is 1. The molecule has 88 valence electrons. The van der Waals surface area contributed by atoms with Crippen LogP contribution in [0.2, 0.25) is 0 Å². The van der Waals surface area contributed by atoms with E-state index in [2.05, 4.69) is 53.6 Å². The third-order valence-electron chi connectivity index (χ3n) is 3.26. The minimum absolute atomic E-state index is 0.195. The second-order valence-electron chi connectivity index (χ2n) is 4.56. The van der Waals surface area contributed by atoms with Crippen molar-refractivity contribution in [3.8, 4) is 0 Å². The molecule has 1 atom stereocenters. The fraction of sp³-hybridized carbons (Fsp3) is 0.357. The molecule has 1 aromatic rings. The molecule has 3 nitrogen and oxygen atoms in total. The molecule has 0 radical (unpaired) electrons. The molecule has 17 heavy (non-hydrogen) atoms. The molecule has 0 bridgehead atoms. The van der Waals surface area contributed by atoms with E-state index in [0.29, 0.717) is 5.82 Å². The van der Waals surface area contributed by atoms with Crippen molar-refractivity contribution in [1.82, 2.24) is 4.90 Å². The summed E-state index contributed by atoms with van der Waals surface area (Å²) in [6.07, 6.45) is 2.09. The van der Waals surface area contributed by atoms with Crippen LogP contribution in [-0.4, -0.2) is 18.1 Å². The summed E-state index contributed by atoms with van der Waals surface area (Å²) >= 11 is 0. The number of nitrogens with zero attached hydrogens (tertiary/aromatic N) is 3. The van der Waals surface area contributed by atoms with E-state index in [4.69, 9.17) is 6.57 Å². The van der Waals surface area contributed by atoms with E-state index in [9.17, 15) is 0 Å². The average molecular weight is 227 g/mol. The van der Waals surface area contributed by atoms with E-state index in [1.165, 1.54) is 11.1 Å². The SMILES string of the molecule is [C-]#[N+]C1=CN(C)[C@H](C)N1c1ccc(C)cc1C. The quantitative estimate of drug-likeness (QED) is 0.683. The number of aryl methyl sites for hydroxylation is 2. The van der Waals surface area contributed by atoms with Gasteiger partial charge in [0.1, 0.15) is 5.69 Å². The van der Waals surface area contributed by atoms with Crippen molar-refractivity contribution >= 4 is 5.69 Å². The summed E-state index contributed by atoms with van der Waals surface area (Å²) in [5, 5.41) is 0. The first kappa shape index (κ1) is 11.5. The largest absolute Gasteiger partial charge is 0.363 e. The Kier molecular flexibility index (Phi) is 2.81. The van der Waals surface area contributed by atoms with Crippen LogP contribution in [0.4, 0.5) is 5.69 Å². The van der Waals surface area contributed by atoms with Gasteiger partial charge in [0.2, 0.25) is 5.82 Å². The van der Waals surface area contributed by atoms with Crippen molar-refractivity contribution in [1.29, 1.82) is 0 Å². The van der Waals surface area contributed by atoms with E-state index in [1.54, 1.807) is 0 Å². The molecular weight excluding hydrogens is 210 g/mol. The zero-order valence-electron chi connectivity index (χ0n) is 10.7. The Bertz CT molecular complexity index is 511. The summed E-state index contributed by atoms with van der Waals surface area (Å²) in [5.41, 5.74) is 3.58. The zero-order valence-corrected chi connectivity index (χ0v) is 10.7. The monoisotopic (exact) mass is 227 g/mol. The summed E-state index contributed by atoms with van der Waals surface area (Å²) in [7, 11) is 2.00. The Morgan fingerprint density at radius 3 is 2.59 bits per heavy atom. The molecule has 0 aromatic heterocycles. The lowest BCUT2D eigenvalue weighted by molar-refractivity contribution is 0.382. The van der Waals surface area contributed by atoms with Crippen molar-refractivity contribution in [2.45, 2.75) is 26.9 Å². The minimum Gasteiger partial charge on any atom is -0.363 e. The van der Waals surface area contributed by atoms with Gasteiger partial charge < -0.3 is 9.74 Å². The molecule has 0 fully saturated rings. The van der Waals surface area contributed by atoms with Crippen molar-refractivity contribution in [2.75, 3.05) is 11.9 Å². The molecule has 1 aliphatic heterocycles. The maximum absolute atomic E-state index is 7.26. The van der Waals surface area contributed by atoms with E-state index in [-0.39, 0.29) is 6.17 Å². The summed E-state index contributed by atoms with van der Waals surface area (Å²) in [4.78, 5) is 7.75. The maximum atomic E-state index is 7.26. The normalized spacial score (nSPS) is 19.2. The van der Waals surface area contributed by atoms with Crippen LogP contribution >= 0.6 is 0 Å². The average Bonchev–Trinajstić information content (AvgIpc) is 2.56. The van der Waals surface area contributed by atoms with Gasteiger partial charge in [0, 0.05) is 13.2 Å². The summed E-state index contributed by atoms with van der Waals surface area (Å²) in [6.45, 7) is 13.5. The van der Waals surface area contributed by atoms with Gasteiger partial charge in [-0.15, -0.1) is 0 Å². The first-order chi connectivity index (χ1) is 8.04. The topological polar surface area (TPSA) is 10.8 Å². The molecule has 0 saturated heterocycles. The maximum Gasteiger partial charge on any atom is 0.247 e. The van der Waals surface area contributed by atoms with Crippen molar-refractivity contribution in [3.63, 3.8) is 0 Å². The van der Waals surface area contributed by atoms with Crippen molar-refractivity contribution in [3.05, 3.63) is 52.8 Å². The van der Waals surface area contributed by atoms with Crippen LogP contribution in [-0.2, 0) is 0 Å². The second kappa shape index (κ2) is 4.14. The number of hydrogen-bond acceptors (Lipinski definition) is 2. The molecule has 3 heteroatoms. The van der Waals surface area contributed by atoms with Crippen LogP contribution < -0.4 is 4.90 Å². The van der Waals surface area contributed by atoms with Crippen LogP contribution in [0.15, 0.2) is 30.2 Å². The van der Waals surface area contributed by atoms with Crippen LogP contribution in [0, 0.1) is 20.4 Å². The molecule has 0 N–H and O–H groups in total. The molecule has 0 saturated carbocycles. The second-order valence-corrected chi connectivity index (χ2v) is 4.56. The Morgan fingerprint density at radius 1 is 1.29 bits per heavy atom. The lowest BCUT2D eigenvalue weighted by atomic mass is 10.1. The fourth-order valence-corrected chi connectivity index (χ4v) is 2.21. The van der Waals surface area contributed by atoms with Crippen LogP contribution in [0.25, 0.3) is 4.85 Å². The summed E-state index contributed by atoms with van der Waals surface area (Å²) < 4.78 is 0. The molecule has 1 aromatic carbocycles. The molecule has 2 rings (SSSR count).